The van der Waals surface area contributed by atoms with Gasteiger partial charge in [0.1, 0.15) is 18.6 Å². The average Bonchev–Trinajstić information content (AvgIpc) is 3.21. The first-order valence-electron chi connectivity index (χ1n) is 8.18. The first kappa shape index (κ1) is 20.3. The summed E-state index contributed by atoms with van der Waals surface area (Å²) in [6, 6.07) is 7.16. The zero-order valence-electron chi connectivity index (χ0n) is 14.9. The SMILES string of the molecule is Cc1c([N+](=O)[O-])c(C(F)F)nn1CC(=O)Nc1ncn(Cc2ccccc2Cl)n1. The molecule has 0 saturated carbocycles. The minimum absolute atomic E-state index is 0.0181. The molecule has 0 bridgehead atoms. The normalized spacial score (nSPS) is 11.1. The van der Waals surface area contributed by atoms with Crippen molar-refractivity contribution < 1.29 is 18.5 Å². The second kappa shape index (κ2) is 8.31. The van der Waals surface area contributed by atoms with Gasteiger partial charge in [0.05, 0.1) is 11.5 Å². The van der Waals surface area contributed by atoms with Crippen molar-refractivity contribution in [2.75, 3.05) is 5.32 Å². The van der Waals surface area contributed by atoms with E-state index < -0.39 is 35.2 Å². The highest BCUT2D eigenvalue weighted by atomic mass is 35.5. The molecule has 1 aromatic carbocycles. The summed E-state index contributed by atoms with van der Waals surface area (Å²) in [6.45, 7) is 1.05. The first-order chi connectivity index (χ1) is 13.8. The van der Waals surface area contributed by atoms with Gasteiger partial charge < -0.3 is 0 Å². The molecule has 2 heterocycles. The number of aromatic nitrogens is 5. The summed E-state index contributed by atoms with van der Waals surface area (Å²) >= 11 is 6.09. The molecule has 0 radical (unpaired) electrons. The Morgan fingerprint density at radius 2 is 2.07 bits per heavy atom. The molecule has 10 nitrogen and oxygen atoms in total. The third-order valence-corrected chi connectivity index (χ3v) is 4.33. The number of hydrogen-bond acceptors (Lipinski definition) is 6. The number of halogens is 3. The third-order valence-electron chi connectivity index (χ3n) is 3.96. The topological polar surface area (TPSA) is 121 Å². The van der Waals surface area contributed by atoms with Crippen LogP contribution in [0, 0.1) is 17.0 Å². The zero-order valence-corrected chi connectivity index (χ0v) is 15.7. The van der Waals surface area contributed by atoms with E-state index in [1.165, 1.54) is 17.9 Å². The lowest BCUT2D eigenvalue weighted by molar-refractivity contribution is -0.386. The second-order valence-electron chi connectivity index (χ2n) is 5.94. The van der Waals surface area contributed by atoms with Gasteiger partial charge in [0.15, 0.2) is 0 Å². The smallest absolute Gasteiger partial charge is 0.292 e. The molecule has 13 heteroatoms. The van der Waals surface area contributed by atoms with E-state index in [0.29, 0.717) is 11.6 Å². The van der Waals surface area contributed by atoms with Crippen LogP contribution in [0.2, 0.25) is 5.02 Å². The number of nitrogens with one attached hydrogen (secondary N) is 1. The Kier molecular flexibility index (Phi) is 5.82. The highest BCUT2D eigenvalue weighted by Crippen LogP contribution is 2.30. The van der Waals surface area contributed by atoms with E-state index >= 15 is 0 Å². The minimum atomic E-state index is -3.14. The number of anilines is 1. The standard InChI is InChI=1S/C16H14ClF2N7O3/c1-9-14(26(28)29)13(15(18)19)22-25(9)7-12(27)21-16-20-8-24(23-16)6-10-4-2-3-5-11(10)17/h2-5,8,15H,6-7H2,1H3,(H,21,23,27). The van der Waals surface area contributed by atoms with Crippen LogP contribution in [0.3, 0.4) is 0 Å². The maximum absolute atomic E-state index is 13.0. The summed E-state index contributed by atoms with van der Waals surface area (Å²) in [4.78, 5) is 26.2. The summed E-state index contributed by atoms with van der Waals surface area (Å²) in [7, 11) is 0. The van der Waals surface area contributed by atoms with Crippen LogP contribution in [0.5, 0.6) is 0 Å². The predicted molar refractivity (Wildman–Crippen MR) is 97.8 cm³/mol. The fourth-order valence-electron chi connectivity index (χ4n) is 2.62. The highest BCUT2D eigenvalue weighted by Gasteiger charge is 2.31. The van der Waals surface area contributed by atoms with Crippen LogP contribution in [0.15, 0.2) is 30.6 Å². The fourth-order valence-corrected chi connectivity index (χ4v) is 2.81. The van der Waals surface area contributed by atoms with Gasteiger partial charge in [0.2, 0.25) is 17.5 Å². The Bertz CT molecular complexity index is 1070. The van der Waals surface area contributed by atoms with E-state index in [-0.39, 0.29) is 11.6 Å². The van der Waals surface area contributed by atoms with Crippen LogP contribution in [-0.4, -0.2) is 35.4 Å². The Morgan fingerprint density at radius 3 is 2.69 bits per heavy atom. The van der Waals surface area contributed by atoms with Crippen LogP contribution in [0.4, 0.5) is 20.4 Å². The van der Waals surface area contributed by atoms with E-state index in [1.807, 2.05) is 12.1 Å². The Morgan fingerprint density at radius 1 is 1.34 bits per heavy atom. The molecule has 0 spiro atoms. The number of nitro groups is 1. The number of benzene rings is 1. The van der Waals surface area contributed by atoms with Gasteiger partial charge in [0.25, 0.3) is 6.43 Å². The molecule has 1 N–H and O–H groups in total. The van der Waals surface area contributed by atoms with Gasteiger partial charge >= 0.3 is 5.69 Å². The number of alkyl halides is 2. The van der Waals surface area contributed by atoms with Gasteiger partial charge in [-0.1, -0.05) is 29.8 Å². The van der Waals surface area contributed by atoms with Crippen LogP contribution in [0.1, 0.15) is 23.4 Å². The minimum Gasteiger partial charge on any atom is -0.292 e. The Hall–Kier alpha value is -3.41. The molecule has 1 amide bonds. The lowest BCUT2D eigenvalue weighted by Gasteiger charge is -2.04. The number of carbonyl (C=O) groups excluding carboxylic acids is 1. The molecule has 152 valence electrons. The Balaban J connectivity index is 1.69. The van der Waals surface area contributed by atoms with E-state index in [1.54, 1.807) is 12.1 Å². The average molecular weight is 426 g/mol. The molecular weight excluding hydrogens is 412 g/mol. The third kappa shape index (κ3) is 4.54. The van der Waals surface area contributed by atoms with E-state index in [2.05, 4.69) is 20.5 Å². The van der Waals surface area contributed by atoms with Crippen molar-refractivity contribution in [3.63, 3.8) is 0 Å². The summed E-state index contributed by atoms with van der Waals surface area (Å²) in [5.74, 6) is -0.697. The van der Waals surface area contributed by atoms with Crippen LogP contribution < -0.4 is 5.32 Å². The fraction of sp³-hybridized carbons (Fsp3) is 0.250. The summed E-state index contributed by atoms with van der Waals surface area (Å²) in [6.07, 6.45) is -1.75. The van der Waals surface area contributed by atoms with Gasteiger partial charge in [-0.2, -0.15) is 5.10 Å². The maximum Gasteiger partial charge on any atom is 0.319 e. The Labute approximate surface area is 167 Å². The number of amides is 1. The molecular formula is C16H14ClF2N7O3. The van der Waals surface area contributed by atoms with Crippen LogP contribution in [-0.2, 0) is 17.9 Å². The van der Waals surface area contributed by atoms with Crippen molar-refractivity contribution in [2.24, 2.45) is 0 Å². The summed E-state index contributed by atoms with van der Waals surface area (Å²) in [5, 5.41) is 21.5. The van der Waals surface area contributed by atoms with Gasteiger partial charge in [-0.3, -0.25) is 24.9 Å². The molecule has 0 unspecified atom stereocenters. The molecule has 0 saturated heterocycles. The lowest BCUT2D eigenvalue weighted by Crippen LogP contribution is -2.21. The van der Waals surface area contributed by atoms with Gasteiger partial charge in [0, 0.05) is 5.02 Å². The predicted octanol–water partition coefficient (Wildman–Crippen LogP) is 2.97. The molecule has 0 atom stereocenters. The van der Waals surface area contributed by atoms with Crippen LogP contribution >= 0.6 is 11.6 Å². The molecule has 0 aliphatic carbocycles. The largest absolute Gasteiger partial charge is 0.319 e. The van der Waals surface area contributed by atoms with E-state index in [4.69, 9.17) is 11.6 Å². The lowest BCUT2D eigenvalue weighted by atomic mass is 10.2. The van der Waals surface area contributed by atoms with Crippen molar-refractivity contribution in [1.29, 1.82) is 0 Å². The maximum atomic E-state index is 13.0. The van der Waals surface area contributed by atoms with Crippen molar-refractivity contribution in [2.45, 2.75) is 26.4 Å². The molecule has 2 aromatic heterocycles. The zero-order chi connectivity index (χ0) is 21.1. The number of carbonyl (C=O) groups is 1. The molecule has 3 rings (SSSR count). The van der Waals surface area contributed by atoms with Crippen molar-refractivity contribution in [3.05, 3.63) is 62.7 Å². The van der Waals surface area contributed by atoms with Crippen molar-refractivity contribution in [1.82, 2.24) is 24.5 Å². The van der Waals surface area contributed by atoms with Gasteiger partial charge in [-0.05, 0) is 18.6 Å². The van der Waals surface area contributed by atoms with E-state index in [0.717, 1.165) is 10.2 Å². The van der Waals surface area contributed by atoms with Crippen molar-refractivity contribution >= 4 is 29.1 Å². The molecule has 29 heavy (non-hydrogen) atoms. The molecule has 0 aliphatic rings. The number of rotatable bonds is 7. The molecule has 0 fully saturated rings. The van der Waals surface area contributed by atoms with Gasteiger partial charge in [-0.25, -0.2) is 18.4 Å². The summed E-state index contributed by atoms with van der Waals surface area (Å²) in [5.41, 5.74) is -1.15. The quantitative estimate of drug-likeness (QED) is 0.459. The second-order valence-corrected chi connectivity index (χ2v) is 6.35. The first-order valence-corrected chi connectivity index (χ1v) is 8.56. The molecule has 3 aromatic rings. The van der Waals surface area contributed by atoms with E-state index in [9.17, 15) is 23.7 Å². The molecule has 0 aliphatic heterocycles. The number of nitrogens with zero attached hydrogens (tertiary/aromatic N) is 6. The monoisotopic (exact) mass is 425 g/mol. The van der Waals surface area contributed by atoms with Crippen LogP contribution in [0.25, 0.3) is 0 Å². The van der Waals surface area contributed by atoms with Crippen molar-refractivity contribution in [3.8, 4) is 0 Å². The number of hydrogen-bond donors (Lipinski definition) is 1. The van der Waals surface area contributed by atoms with Gasteiger partial charge in [-0.15, -0.1) is 5.10 Å². The summed E-state index contributed by atoms with van der Waals surface area (Å²) < 4.78 is 28.2. The highest BCUT2D eigenvalue weighted by molar-refractivity contribution is 6.31.